The van der Waals surface area contributed by atoms with Gasteiger partial charge >= 0.3 is 5.97 Å². The molecule has 1 heterocycles. The maximum Gasteiger partial charge on any atom is 0.339 e. The standard InChI is InChI=1S/C22H22N2O3S/c23-14-17-8-10-18(11-9-17)16-28-20-7-3-2-6-19(20)22(26)27-15-21(25)24-12-4-1-5-13-24/h2-3,6-11H,1,4-5,12-13,15-16H2. The van der Waals surface area contributed by atoms with E-state index < -0.39 is 5.97 Å². The fourth-order valence-electron chi connectivity index (χ4n) is 3.04. The minimum atomic E-state index is -0.478. The number of nitrogens with zero attached hydrogens (tertiary/aromatic N) is 2. The highest BCUT2D eigenvalue weighted by atomic mass is 32.2. The van der Waals surface area contributed by atoms with Crippen LogP contribution in [0.2, 0.25) is 0 Å². The van der Waals surface area contributed by atoms with E-state index in [1.165, 1.54) is 11.8 Å². The summed E-state index contributed by atoms with van der Waals surface area (Å²) in [5, 5.41) is 8.87. The second-order valence-electron chi connectivity index (χ2n) is 6.61. The maximum atomic E-state index is 12.5. The zero-order chi connectivity index (χ0) is 19.8. The van der Waals surface area contributed by atoms with Gasteiger partial charge in [-0.25, -0.2) is 4.79 Å². The zero-order valence-corrected chi connectivity index (χ0v) is 16.4. The highest BCUT2D eigenvalue weighted by Gasteiger charge is 2.19. The third kappa shape index (κ3) is 5.37. The number of ether oxygens (including phenoxy) is 1. The van der Waals surface area contributed by atoms with E-state index in [2.05, 4.69) is 6.07 Å². The van der Waals surface area contributed by atoms with E-state index >= 15 is 0 Å². The Morgan fingerprint density at radius 2 is 1.75 bits per heavy atom. The molecule has 0 unspecified atom stereocenters. The lowest BCUT2D eigenvalue weighted by atomic mass is 10.1. The summed E-state index contributed by atoms with van der Waals surface area (Å²) in [7, 11) is 0. The summed E-state index contributed by atoms with van der Waals surface area (Å²) in [4.78, 5) is 27.3. The average molecular weight is 394 g/mol. The fourth-order valence-corrected chi connectivity index (χ4v) is 4.03. The van der Waals surface area contributed by atoms with Gasteiger partial charge in [0.05, 0.1) is 17.2 Å². The van der Waals surface area contributed by atoms with E-state index in [9.17, 15) is 9.59 Å². The van der Waals surface area contributed by atoms with Crippen molar-refractivity contribution in [3.05, 3.63) is 65.2 Å². The molecule has 2 aromatic rings. The fraction of sp³-hybridized carbons (Fsp3) is 0.318. The van der Waals surface area contributed by atoms with Crippen LogP contribution in [-0.2, 0) is 15.3 Å². The third-order valence-electron chi connectivity index (χ3n) is 4.62. The number of piperidine rings is 1. The van der Waals surface area contributed by atoms with E-state index in [1.54, 1.807) is 29.2 Å². The van der Waals surface area contributed by atoms with Crippen molar-refractivity contribution in [1.29, 1.82) is 5.26 Å². The SMILES string of the molecule is N#Cc1ccc(CSc2ccccc2C(=O)OCC(=O)N2CCCCC2)cc1. The number of rotatable bonds is 6. The Balaban J connectivity index is 1.58. The van der Waals surface area contributed by atoms with E-state index in [4.69, 9.17) is 10.00 Å². The quantitative estimate of drug-likeness (QED) is 0.547. The Labute approximate surface area is 169 Å². The summed E-state index contributed by atoms with van der Waals surface area (Å²) >= 11 is 1.53. The van der Waals surface area contributed by atoms with Crippen molar-refractivity contribution in [1.82, 2.24) is 4.90 Å². The molecular weight excluding hydrogens is 372 g/mol. The van der Waals surface area contributed by atoms with Crippen molar-refractivity contribution in [2.24, 2.45) is 0 Å². The molecule has 0 aromatic heterocycles. The molecule has 0 radical (unpaired) electrons. The molecule has 28 heavy (non-hydrogen) atoms. The number of amides is 1. The first-order valence-corrected chi connectivity index (χ1v) is 10.3. The van der Waals surface area contributed by atoms with Gasteiger partial charge in [-0.3, -0.25) is 4.79 Å². The summed E-state index contributed by atoms with van der Waals surface area (Å²) in [6.45, 7) is 1.27. The summed E-state index contributed by atoms with van der Waals surface area (Å²) in [6, 6.07) is 16.7. The first kappa shape index (κ1) is 20.0. The lowest BCUT2D eigenvalue weighted by Crippen LogP contribution is -2.38. The number of benzene rings is 2. The molecule has 5 nitrogen and oxygen atoms in total. The summed E-state index contributed by atoms with van der Waals surface area (Å²) in [5.74, 6) is 0.0620. The van der Waals surface area contributed by atoms with Gasteiger partial charge in [-0.1, -0.05) is 24.3 Å². The minimum Gasteiger partial charge on any atom is -0.452 e. The van der Waals surface area contributed by atoms with Gasteiger partial charge in [-0.15, -0.1) is 11.8 Å². The number of nitriles is 1. The Kier molecular flexibility index (Phi) is 7.10. The van der Waals surface area contributed by atoms with E-state index in [0.29, 0.717) is 16.9 Å². The topological polar surface area (TPSA) is 70.4 Å². The van der Waals surface area contributed by atoms with Gasteiger partial charge in [0.25, 0.3) is 5.91 Å². The number of hydrogen-bond acceptors (Lipinski definition) is 5. The largest absolute Gasteiger partial charge is 0.452 e. The zero-order valence-electron chi connectivity index (χ0n) is 15.6. The van der Waals surface area contributed by atoms with Crippen LogP contribution < -0.4 is 0 Å². The summed E-state index contributed by atoms with van der Waals surface area (Å²) in [6.07, 6.45) is 3.16. The molecule has 3 rings (SSSR count). The Morgan fingerprint density at radius 1 is 1.04 bits per heavy atom. The Hall–Kier alpha value is -2.78. The van der Waals surface area contributed by atoms with Crippen molar-refractivity contribution in [3.8, 4) is 6.07 Å². The normalized spacial score (nSPS) is 13.6. The maximum absolute atomic E-state index is 12.5. The van der Waals surface area contributed by atoms with Crippen LogP contribution in [0.25, 0.3) is 0 Å². The predicted molar refractivity (Wildman–Crippen MR) is 108 cm³/mol. The summed E-state index contributed by atoms with van der Waals surface area (Å²) in [5.41, 5.74) is 2.15. The average Bonchev–Trinajstić information content (AvgIpc) is 2.77. The van der Waals surface area contributed by atoms with Gasteiger partial charge in [0.15, 0.2) is 6.61 Å². The van der Waals surface area contributed by atoms with Gasteiger partial charge in [-0.05, 0) is 49.1 Å². The number of thioether (sulfide) groups is 1. The Morgan fingerprint density at radius 3 is 2.46 bits per heavy atom. The van der Waals surface area contributed by atoms with Crippen LogP contribution in [-0.4, -0.2) is 36.5 Å². The highest BCUT2D eigenvalue weighted by Crippen LogP contribution is 2.27. The minimum absolute atomic E-state index is 0.129. The smallest absolute Gasteiger partial charge is 0.339 e. The molecule has 0 spiro atoms. The van der Waals surface area contributed by atoms with Gasteiger partial charge < -0.3 is 9.64 Å². The second kappa shape index (κ2) is 9.95. The highest BCUT2D eigenvalue weighted by molar-refractivity contribution is 7.98. The number of hydrogen-bond donors (Lipinski definition) is 0. The molecule has 1 aliphatic rings. The number of carbonyl (C=O) groups excluding carboxylic acids is 2. The van der Waals surface area contributed by atoms with Gasteiger partial charge in [0, 0.05) is 23.7 Å². The first-order chi connectivity index (χ1) is 13.7. The molecule has 1 saturated heterocycles. The molecule has 0 N–H and O–H groups in total. The third-order valence-corrected chi connectivity index (χ3v) is 5.76. The first-order valence-electron chi connectivity index (χ1n) is 9.33. The second-order valence-corrected chi connectivity index (χ2v) is 7.63. The monoisotopic (exact) mass is 394 g/mol. The lowest BCUT2D eigenvalue weighted by Gasteiger charge is -2.26. The molecule has 2 aromatic carbocycles. The molecule has 0 saturated carbocycles. The molecule has 6 heteroatoms. The van der Waals surface area contributed by atoms with Gasteiger partial charge in [0.1, 0.15) is 0 Å². The van der Waals surface area contributed by atoms with Crippen LogP contribution in [0.15, 0.2) is 53.4 Å². The molecule has 144 valence electrons. The van der Waals surface area contributed by atoms with Gasteiger partial charge in [-0.2, -0.15) is 5.26 Å². The van der Waals surface area contributed by atoms with Crippen molar-refractivity contribution in [2.45, 2.75) is 29.9 Å². The van der Waals surface area contributed by atoms with Crippen LogP contribution in [0, 0.1) is 11.3 Å². The van der Waals surface area contributed by atoms with E-state index in [1.807, 2.05) is 24.3 Å². The molecule has 0 bridgehead atoms. The van der Waals surface area contributed by atoms with Crippen LogP contribution in [0.3, 0.4) is 0 Å². The molecule has 1 aliphatic heterocycles. The molecule has 0 atom stereocenters. The van der Waals surface area contributed by atoms with Crippen molar-refractivity contribution in [3.63, 3.8) is 0 Å². The number of likely N-dealkylation sites (tertiary alicyclic amines) is 1. The predicted octanol–water partition coefficient (Wildman–Crippen LogP) is 4.02. The van der Waals surface area contributed by atoms with E-state index in [0.717, 1.165) is 42.8 Å². The molecule has 1 amide bonds. The molecular formula is C22H22N2O3S. The van der Waals surface area contributed by atoms with Crippen molar-refractivity contribution < 1.29 is 14.3 Å². The molecule has 1 fully saturated rings. The lowest BCUT2D eigenvalue weighted by molar-refractivity contribution is -0.135. The van der Waals surface area contributed by atoms with Crippen LogP contribution in [0.5, 0.6) is 0 Å². The van der Waals surface area contributed by atoms with Crippen LogP contribution in [0.4, 0.5) is 0 Å². The van der Waals surface area contributed by atoms with Crippen molar-refractivity contribution >= 4 is 23.6 Å². The van der Waals surface area contributed by atoms with Crippen LogP contribution in [0.1, 0.15) is 40.7 Å². The number of esters is 1. The summed E-state index contributed by atoms with van der Waals surface area (Å²) < 4.78 is 5.29. The Bertz CT molecular complexity index is 868. The van der Waals surface area contributed by atoms with Crippen molar-refractivity contribution in [2.75, 3.05) is 19.7 Å². The van der Waals surface area contributed by atoms with Gasteiger partial charge in [0.2, 0.25) is 0 Å². The van der Waals surface area contributed by atoms with Crippen LogP contribution >= 0.6 is 11.8 Å². The van der Waals surface area contributed by atoms with E-state index in [-0.39, 0.29) is 12.5 Å². The number of carbonyl (C=O) groups is 2. The molecule has 0 aliphatic carbocycles.